The second-order valence-electron chi connectivity index (χ2n) is 8.43. The van der Waals surface area contributed by atoms with Gasteiger partial charge in [-0.1, -0.05) is 30.1 Å². The molecular weight excluding hydrogens is 565 g/mol. The lowest BCUT2D eigenvalue weighted by molar-refractivity contribution is -0.122. The lowest BCUT2D eigenvalue weighted by Crippen LogP contribution is -2.29. The predicted molar refractivity (Wildman–Crippen MR) is 150 cm³/mol. The molecule has 1 atom stereocenters. The highest BCUT2D eigenvalue weighted by Gasteiger charge is 2.20. The standard InChI is InChI=1S/C25H33Cl2N7O6/c1-4-7-38-10-11-39-8-5-22(35)28-6-9-40-24-18(12-17(26)14-30-24)31-25(36)32-19-15-29-21-13-20(27)33-34(21)23(19)16(2)37-3/h12-16H,4-11H2,1-3H3,(H,28,35)(H2,31,32,36)/t16-/m0/s1. The van der Waals surface area contributed by atoms with E-state index in [1.807, 2.05) is 6.92 Å². The van der Waals surface area contributed by atoms with Crippen molar-refractivity contribution in [3.63, 3.8) is 0 Å². The Hall–Kier alpha value is -3.23. The van der Waals surface area contributed by atoms with Crippen LogP contribution in [0.1, 0.15) is 38.5 Å². The molecule has 0 radical (unpaired) electrons. The maximum Gasteiger partial charge on any atom is 0.323 e. The topological polar surface area (TPSA) is 150 Å². The summed E-state index contributed by atoms with van der Waals surface area (Å²) in [5.41, 5.74) is 1.63. The number of nitrogens with zero attached hydrogens (tertiary/aromatic N) is 4. The monoisotopic (exact) mass is 597 g/mol. The Labute approximate surface area is 241 Å². The maximum atomic E-state index is 12.9. The largest absolute Gasteiger partial charge is 0.474 e. The van der Waals surface area contributed by atoms with Crippen molar-refractivity contribution in [1.82, 2.24) is 24.9 Å². The molecule has 3 aromatic heterocycles. The van der Waals surface area contributed by atoms with Crippen LogP contribution in [-0.4, -0.2) is 78.2 Å². The highest BCUT2D eigenvalue weighted by atomic mass is 35.5. The zero-order chi connectivity index (χ0) is 28.9. The predicted octanol–water partition coefficient (Wildman–Crippen LogP) is 4.11. The number of anilines is 2. The summed E-state index contributed by atoms with van der Waals surface area (Å²) in [4.78, 5) is 33.3. The molecule has 3 amide bonds. The number of aromatic nitrogens is 4. The number of urea groups is 1. The third-order valence-electron chi connectivity index (χ3n) is 5.40. The normalized spacial score (nSPS) is 11.8. The zero-order valence-electron chi connectivity index (χ0n) is 22.5. The van der Waals surface area contributed by atoms with Gasteiger partial charge in [0.1, 0.15) is 12.3 Å². The molecule has 0 fully saturated rings. The average molecular weight is 598 g/mol. The van der Waals surface area contributed by atoms with Crippen LogP contribution in [0.4, 0.5) is 16.2 Å². The molecule has 3 aromatic rings. The van der Waals surface area contributed by atoms with E-state index in [9.17, 15) is 9.59 Å². The molecule has 3 rings (SSSR count). The van der Waals surface area contributed by atoms with Gasteiger partial charge in [0.25, 0.3) is 0 Å². The van der Waals surface area contributed by atoms with Crippen LogP contribution in [0.3, 0.4) is 0 Å². The van der Waals surface area contributed by atoms with Crippen LogP contribution < -0.4 is 20.7 Å². The van der Waals surface area contributed by atoms with E-state index >= 15 is 0 Å². The molecule has 0 spiro atoms. The molecule has 40 heavy (non-hydrogen) atoms. The Balaban J connectivity index is 1.53. The summed E-state index contributed by atoms with van der Waals surface area (Å²) >= 11 is 12.1. The van der Waals surface area contributed by atoms with Gasteiger partial charge < -0.3 is 34.9 Å². The molecule has 0 saturated carbocycles. The Bertz CT molecular complexity index is 1280. The minimum atomic E-state index is -0.605. The van der Waals surface area contributed by atoms with Gasteiger partial charge in [0.15, 0.2) is 10.8 Å². The van der Waals surface area contributed by atoms with Gasteiger partial charge in [0.05, 0.1) is 55.1 Å². The SMILES string of the molecule is CCCOCCOCCC(=O)NCCOc1ncc(Cl)cc1NC(=O)Nc1cnc2cc(Cl)nn2c1[C@H](C)OC. The molecule has 0 unspecified atom stereocenters. The van der Waals surface area contributed by atoms with Crippen LogP contribution in [0, 0.1) is 0 Å². The van der Waals surface area contributed by atoms with Crippen molar-refractivity contribution in [2.24, 2.45) is 0 Å². The van der Waals surface area contributed by atoms with Gasteiger partial charge in [-0.2, -0.15) is 5.10 Å². The van der Waals surface area contributed by atoms with Gasteiger partial charge in [-0.15, -0.1) is 0 Å². The van der Waals surface area contributed by atoms with Gasteiger partial charge in [-0.05, 0) is 19.4 Å². The van der Waals surface area contributed by atoms with E-state index < -0.39 is 12.1 Å². The van der Waals surface area contributed by atoms with Crippen LogP contribution in [-0.2, 0) is 19.0 Å². The number of carbonyl (C=O) groups is 2. The lowest BCUT2D eigenvalue weighted by atomic mass is 10.2. The van der Waals surface area contributed by atoms with Crippen LogP contribution in [0.2, 0.25) is 10.2 Å². The van der Waals surface area contributed by atoms with Gasteiger partial charge in [-0.25, -0.2) is 19.3 Å². The number of halogens is 2. The van der Waals surface area contributed by atoms with Crippen LogP contribution in [0.25, 0.3) is 5.65 Å². The third kappa shape index (κ3) is 9.45. The van der Waals surface area contributed by atoms with E-state index in [1.165, 1.54) is 30.1 Å². The Morgan fingerprint density at radius 1 is 1.00 bits per heavy atom. The first-order valence-electron chi connectivity index (χ1n) is 12.7. The maximum absolute atomic E-state index is 12.9. The fraction of sp³-hybridized carbons (Fsp3) is 0.480. The van der Waals surface area contributed by atoms with Crippen molar-refractivity contribution in [3.05, 3.63) is 40.4 Å². The number of methoxy groups -OCH3 is 1. The molecule has 3 N–H and O–H groups in total. The summed E-state index contributed by atoms with van der Waals surface area (Å²) in [7, 11) is 1.54. The molecule has 0 aliphatic heterocycles. The fourth-order valence-corrected chi connectivity index (χ4v) is 3.82. The van der Waals surface area contributed by atoms with Crippen LogP contribution in [0.15, 0.2) is 24.5 Å². The summed E-state index contributed by atoms with van der Waals surface area (Å²) in [5.74, 6) is -0.0489. The van der Waals surface area contributed by atoms with E-state index in [4.69, 9.17) is 42.1 Å². The van der Waals surface area contributed by atoms with Crippen molar-refractivity contribution in [1.29, 1.82) is 0 Å². The highest BCUT2D eigenvalue weighted by Crippen LogP contribution is 2.28. The van der Waals surface area contributed by atoms with Crippen molar-refractivity contribution in [2.75, 3.05) is 57.3 Å². The summed E-state index contributed by atoms with van der Waals surface area (Å²) in [6.07, 6.45) is 3.60. The molecule has 0 aliphatic rings. The van der Waals surface area contributed by atoms with E-state index in [-0.39, 0.29) is 42.2 Å². The number of hydrogen-bond donors (Lipinski definition) is 3. The van der Waals surface area contributed by atoms with Crippen molar-refractivity contribution in [2.45, 2.75) is 32.8 Å². The first-order valence-corrected chi connectivity index (χ1v) is 13.4. The van der Waals surface area contributed by atoms with Crippen LogP contribution >= 0.6 is 23.2 Å². The van der Waals surface area contributed by atoms with Gasteiger partial charge in [0, 0.05) is 32.4 Å². The zero-order valence-corrected chi connectivity index (χ0v) is 24.0. The molecule has 218 valence electrons. The molecule has 3 heterocycles. The Morgan fingerprint density at radius 2 is 1.75 bits per heavy atom. The van der Waals surface area contributed by atoms with Crippen molar-refractivity contribution < 1.29 is 28.5 Å². The number of hydrogen-bond acceptors (Lipinski definition) is 9. The fourth-order valence-electron chi connectivity index (χ4n) is 3.49. The van der Waals surface area contributed by atoms with Gasteiger partial charge in [0.2, 0.25) is 11.8 Å². The number of rotatable bonds is 16. The molecule has 13 nitrogen and oxygen atoms in total. The molecule has 0 saturated heterocycles. The third-order valence-corrected chi connectivity index (χ3v) is 5.79. The number of fused-ring (bicyclic) bond motifs is 1. The minimum Gasteiger partial charge on any atom is -0.474 e. The number of carbonyl (C=O) groups excluding carboxylic acids is 2. The number of amides is 3. The molecular formula is C25H33Cl2N7O6. The second-order valence-corrected chi connectivity index (χ2v) is 9.25. The van der Waals surface area contributed by atoms with Gasteiger partial charge in [-0.3, -0.25) is 4.79 Å². The number of ether oxygens (including phenoxy) is 4. The Kier molecular flexibility index (Phi) is 12.6. The second kappa shape index (κ2) is 16.1. The molecule has 0 aromatic carbocycles. The smallest absolute Gasteiger partial charge is 0.323 e. The quantitative estimate of drug-likeness (QED) is 0.207. The van der Waals surface area contributed by atoms with E-state index in [2.05, 4.69) is 31.0 Å². The highest BCUT2D eigenvalue weighted by molar-refractivity contribution is 6.31. The van der Waals surface area contributed by atoms with E-state index in [1.54, 1.807) is 13.0 Å². The number of pyridine rings is 1. The molecule has 0 bridgehead atoms. The first kappa shape index (κ1) is 31.3. The molecule has 0 aliphatic carbocycles. The minimum absolute atomic E-state index is 0.110. The van der Waals surface area contributed by atoms with E-state index in [0.29, 0.717) is 48.5 Å². The average Bonchev–Trinajstić information content (AvgIpc) is 3.31. The Morgan fingerprint density at radius 3 is 2.50 bits per heavy atom. The molecule has 15 heteroatoms. The number of nitrogens with one attached hydrogen (secondary N) is 3. The summed E-state index contributed by atoms with van der Waals surface area (Å²) in [6.45, 7) is 6.11. The summed E-state index contributed by atoms with van der Waals surface area (Å²) in [5, 5.41) is 12.9. The van der Waals surface area contributed by atoms with Crippen molar-refractivity contribution >= 4 is 52.2 Å². The summed E-state index contributed by atoms with van der Waals surface area (Å²) < 4.78 is 23.3. The lowest BCUT2D eigenvalue weighted by Gasteiger charge is -2.17. The van der Waals surface area contributed by atoms with Gasteiger partial charge >= 0.3 is 6.03 Å². The van der Waals surface area contributed by atoms with E-state index in [0.717, 1.165) is 6.42 Å². The van der Waals surface area contributed by atoms with Crippen LogP contribution in [0.5, 0.6) is 5.88 Å². The van der Waals surface area contributed by atoms with Crippen molar-refractivity contribution in [3.8, 4) is 5.88 Å². The summed E-state index contributed by atoms with van der Waals surface area (Å²) in [6, 6.07) is 2.49. The first-order chi connectivity index (χ1) is 19.3.